The lowest BCUT2D eigenvalue weighted by atomic mass is 10.1. The van der Waals surface area contributed by atoms with Gasteiger partial charge in [0.15, 0.2) is 0 Å². The maximum Gasteiger partial charge on any atom is 0.246 e. The Morgan fingerprint density at radius 3 is 2.88 bits per heavy atom. The van der Waals surface area contributed by atoms with Gasteiger partial charge in [0, 0.05) is 36.6 Å². The average Bonchev–Trinajstić information content (AvgIpc) is 3.27. The van der Waals surface area contributed by atoms with Gasteiger partial charge in [-0.3, -0.25) is 9.59 Å². The second kappa shape index (κ2) is 8.14. The Hall–Kier alpha value is -1.99. The van der Waals surface area contributed by atoms with Crippen LogP contribution >= 0.6 is 22.9 Å². The third kappa shape index (κ3) is 4.22. The Balaban J connectivity index is 1.85. The molecule has 1 unspecified atom stereocenters. The fourth-order valence-electron chi connectivity index (χ4n) is 3.17. The van der Waals surface area contributed by atoms with Crippen LogP contribution in [0.3, 0.4) is 0 Å². The molecule has 0 bridgehead atoms. The van der Waals surface area contributed by atoms with Crippen molar-refractivity contribution in [2.75, 3.05) is 6.54 Å². The highest BCUT2D eigenvalue weighted by Gasteiger charge is 2.35. The Morgan fingerprint density at radius 1 is 1.42 bits per heavy atom. The van der Waals surface area contributed by atoms with Crippen molar-refractivity contribution in [2.24, 2.45) is 0 Å². The lowest BCUT2D eigenvalue weighted by molar-refractivity contribution is -0.143. The maximum atomic E-state index is 13.3. The zero-order valence-corrected chi connectivity index (χ0v) is 15.9. The van der Waals surface area contributed by atoms with Crippen molar-refractivity contribution < 1.29 is 14.0 Å². The third-order valence-corrected chi connectivity index (χ3v) is 5.56. The fourth-order valence-corrected chi connectivity index (χ4v) is 4.03. The lowest BCUT2D eigenvalue weighted by Crippen LogP contribution is -2.46. The highest BCUT2D eigenvalue weighted by atomic mass is 35.5. The van der Waals surface area contributed by atoms with E-state index in [1.54, 1.807) is 22.1 Å². The number of rotatable bonds is 5. The molecule has 26 heavy (non-hydrogen) atoms. The van der Waals surface area contributed by atoms with Gasteiger partial charge in [-0.05, 0) is 30.5 Å². The van der Waals surface area contributed by atoms with Gasteiger partial charge in [0.05, 0.1) is 6.54 Å². The van der Waals surface area contributed by atoms with Crippen LogP contribution in [0.2, 0.25) is 5.02 Å². The molecule has 0 aliphatic carbocycles. The number of likely N-dealkylation sites (tertiary alicyclic amines) is 1. The van der Waals surface area contributed by atoms with Crippen molar-refractivity contribution in [1.29, 1.82) is 0 Å². The van der Waals surface area contributed by atoms with Gasteiger partial charge >= 0.3 is 0 Å². The average molecular weight is 396 g/mol. The topological polar surface area (TPSA) is 53.5 Å². The molecule has 1 saturated heterocycles. The van der Waals surface area contributed by atoms with Crippen molar-refractivity contribution in [2.45, 2.75) is 38.9 Å². The van der Waals surface area contributed by atoms with Crippen molar-refractivity contribution in [1.82, 2.24) is 14.8 Å². The van der Waals surface area contributed by atoms with Gasteiger partial charge in [-0.1, -0.05) is 17.7 Å². The predicted octanol–water partition coefficient (Wildman–Crippen LogP) is 3.48. The summed E-state index contributed by atoms with van der Waals surface area (Å²) < 4.78 is 13.3. The van der Waals surface area contributed by atoms with E-state index in [0.717, 1.165) is 11.4 Å². The second-order valence-electron chi connectivity index (χ2n) is 6.23. The molecule has 1 aromatic carbocycles. The van der Waals surface area contributed by atoms with Crippen LogP contribution in [0.5, 0.6) is 0 Å². The van der Waals surface area contributed by atoms with Gasteiger partial charge in [0.2, 0.25) is 11.8 Å². The number of nitrogens with zero attached hydrogens (tertiary/aromatic N) is 3. The second-order valence-corrected chi connectivity index (χ2v) is 7.61. The van der Waals surface area contributed by atoms with Gasteiger partial charge in [-0.2, -0.15) is 0 Å². The van der Waals surface area contributed by atoms with E-state index in [2.05, 4.69) is 4.98 Å². The van der Waals surface area contributed by atoms with E-state index in [1.165, 1.54) is 30.4 Å². The van der Waals surface area contributed by atoms with Crippen LogP contribution in [-0.2, 0) is 22.7 Å². The minimum Gasteiger partial charge on any atom is -0.331 e. The largest absolute Gasteiger partial charge is 0.331 e. The number of hydrogen-bond donors (Lipinski definition) is 0. The van der Waals surface area contributed by atoms with Gasteiger partial charge in [-0.25, -0.2) is 9.37 Å². The Kier molecular flexibility index (Phi) is 5.88. The van der Waals surface area contributed by atoms with Gasteiger partial charge in [0.1, 0.15) is 16.9 Å². The number of thiazole rings is 1. The molecule has 5 nitrogen and oxygen atoms in total. The quantitative estimate of drug-likeness (QED) is 0.778. The molecule has 1 atom stereocenters. The summed E-state index contributed by atoms with van der Waals surface area (Å²) in [5.74, 6) is -0.654. The minimum atomic E-state index is -0.466. The maximum absolute atomic E-state index is 13.3. The van der Waals surface area contributed by atoms with Crippen LogP contribution < -0.4 is 0 Å². The molecule has 1 fully saturated rings. The Morgan fingerprint density at radius 2 is 2.23 bits per heavy atom. The zero-order valence-electron chi connectivity index (χ0n) is 14.3. The molecule has 1 aliphatic rings. The molecule has 138 valence electrons. The van der Waals surface area contributed by atoms with E-state index < -0.39 is 11.9 Å². The summed E-state index contributed by atoms with van der Waals surface area (Å²) in [5, 5.41) is 2.92. The zero-order chi connectivity index (χ0) is 18.7. The van der Waals surface area contributed by atoms with Crippen molar-refractivity contribution >= 4 is 34.8 Å². The minimum absolute atomic E-state index is 0.102. The molecule has 1 aliphatic heterocycles. The van der Waals surface area contributed by atoms with E-state index >= 15 is 0 Å². The number of halogens is 2. The van der Waals surface area contributed by atoms with E-state index in [9.17, 15) is 14.0 Å². The van der Waals surface area contributed by atoms with E-state index in [4.69, 9.17) is 11.6 Å². The first-order valence-corrected chi connectivity index (χ1v) is 9.59. The Bertz CT molecular complexity index is 800. The molecule has 0 saturated carbocycles. The summed E-state index contributed by atoms with van der Waals surface area (Å²) in [6.45, 7) is 2.63. The Labute approximate surface area is 160 Å². The molecule has 2 amide bonds. The number of aromatic nitrogens is 1. The monoisotopic (exact) mass is 395 g/mol. The van der Waals surface area contributed by atoms with Crippen LogP contribution in [0.1, 0.15) is 30.3 Å². The van der Waals surface area contributed by atoms with Gasteiger partial charge in [0.25, 0.3) is 0 Å². The summed E-state index contributed by atoms with van der Waals surface area (Å²) in [6, 6.07) is 3.68. The molecule has 0 spiro atoms. The van der Waals surface area contributed by atoms with Crippen LogP contribution in [0.15, 0.2) is 29.8 Å². The van der Waals surface area contributed by atoms with E-state index in [1.807, 2.05) is 5.38 Å². The number of hydrogen-bond acceptors (Lipinski definition) is 4. The first-order valence-electron chi connectivity index (χ1n) is 8.34. The molecule has 8 heteroatoms. The summed E-state index contributed by atoms with van der Waals surface area (Å²) in [7, 11) is 0. The van der Waals surface area contributed by atoms with Crippen LogP contribution in [0.4, 0.5) is 4.39 Å². The molecule has 1 aromatic heterocycles. The van der Waals surface area contributed by atoms with E-state index in [-0.39, 0.29) is 23.4 Å². The first kappa shape index (κ1) is 18.8. The van der Waals surface area contributed by atoms with Gasteiger partial charge in [-0.15, -0.1) is 11.3 Å². The number of carbonyl (C=O) groups is 2. The summed E-state index contributed by atoms with van der Waals surface area (Å²) in [6.07, 6.45) is 3.13. The summed E-state index contributed by atoms with van der Waals surface area (Å²) >= 11 is 7.60. The van der Waals surface area contributed by atoms with Gasteiger partial charge < -0.3 is 9.80 Å². The van der Waals surface area contributed by atoms with Crippen LogP contribution in [0, 0.1) is 5.82 Å². The first-order chi connectivity index (χ1) is 12.5. The SMILES string of the molecule is CC(=O)N1CCCC1C(=O)N(Cc1nccs1)Cc1ccc(F)cc1Cl. The summed E-state index contributed by atoms with van der Waals surface area (Å²) in [4.78, 5) is 32.5. The molecule has 0 radical (unpaired) electrons. The molecule has 2 aromatic rings. The normalized spacial score (nSPS) is 16.7. The number of carbonyl (C=O) groups excluding carboxylic acids is 2. The predicted molar refractivity (Wildman–Crippen MR) is 98.2 cm³/mol. The van der Waals surface area contributed by atoms with Crippen LogP contribution in [0.25, 0.3) is 0 Å². The third-order valence-electron chi connectivity index (χ3n) is 4.44. The van der Waals surface area contributed by atoms with E-state index in [0.29, 0.717) is 25.1 Å². The number of amides is 2. The van der Waals surface area contributed by atoms with Crippen molar-refractivity contribution in [3.8, 4) is 0 Å². The molecular formula is C18H19ClFN3O2S. The van der Waals surface area contributed by atoms with Crippen molar-refractivity contribution in [3.63, 3.8) is 0 Å². The highest BCUT2D eigenvalue weighted by Crippen LogP contribution is 2.25. The van der Waals surface area contributed by atoms with Crippen molar-refractivity contribution in [3.05, 3.63) is 51.2 Å². The standard InChI is InChI=1S/C18H19ClFN3O2S/c1-12(24)23-7-2-3-16(23)18(25)22(11-17-21-6-8-26-17)10-13-4-5-14(20)9-15(13)19/h4-6,8-9,16H,2-3,7,10-11H2,1H3. The molecule has 2 heterocycles. The molecular weight excluding hydrogens is 377 g/mol. The van der Waals surface area contributed by atoms with Crippen LogP contribution in [-0.4, -0.2) is 39.2 Å². The smallest absolute Gasteiger partial charge is 0.246 e. The summed E-state index contributed by atoms with van der Waals surface area (Å²) in [5.41, 5.74) is 0.658. The number of benzene rings is 1. The fraction of sp³-hybridized carbons (Fsp3) is 0.389. The molecule has 3 rings (SSSR count). The highest BCUT2D eigenvalue weighted by molar-refractivity contribution is 7.09. The molecule has 0 N–H and O–H groups in total. The lowest BCUT2D eigenvalue weighted by Gasteiger charge is -2.29.